The van der Waals surface area contributed by atoms with Crippen molar-refractivity contribution in [2.24, 2.45) is 0 Å². The number of carbonyl (C=O) groups is 2. The summed E-state index contributed by atoms with van der Waals surface area (Å²) in [6.07, 6.45) is 1.40. The number of rotatable bonds is 13. The van der Waals surface area contributed by atoms with Crippen LogP contribution in [0, 0.1) is 11.6 Å². The molecule has 2 fully saturated rings. The minimum Gasteiger partial charge on any atom is -0.404 e. The molecule has 3 heterocycles. The second kappa shape index (κ2) is 15.5. The first-order chi connectivity index (χ1) is 25.8. The molecule has 1 aromatic heterocycles. The van der Waals surface area contributed by atoms with Crippen molar-refractivity contribution in [3.63, 3.8) is 0 Å². The van der Waals surface area contributed by atoms with E-state index >= 15 is 0 Å². The third-order valence-electron chi connectivity index (χ3n) is 10.4. The van der Waals surface area contributed by atoms with Crippen molar-refractivity contribution in [3.05, 3.63) is 131 Å². The number of aliphatic hydroxyl groups excluding tert-OH is 1. The summed E-state index contributed by atoms with van der Waals surface area (Å²) in [5, 5.41) is 17.3. The Hall–Kier alpha value is -4.56. The number of phosphoric ester groups is 1. The molecule has 6 rings (SSSR count). The average Bonchev–Trinajstić information content (AvgIpc) is 3.67. The smallest absolute Gasteiger partial charge is 0.404 e. The number of β-amino-alcohol motifs (C(OH)–C–C–N with tert-alkyl or cyclic N) is 1. The summed E-state index contributed by atoms with van der Waals surface area (Å²) >= 11 is 0. The van der Waals surface area contributed by atoms with Crippen molar-refractivity contribution in [2.75, 3.05) is 39.8 Å². The van der Waals surface area contributed by atoms with Gasteiger partial charge in [-0.15, -0.1) is 0 Å². The predicted octanol–water partition coefficient (Wildman–Crippen LogP) is 4.56. The number of likely N-dealkylation sites (N-methyl/N-ethyl adjacent to an activating group) is 1. The van der Waals surface area contributed by atoms with Gasteiger partial charge in [-0.3, -0.25) is 14.6 Å². The number of amides is 2. The number of phosphoric acid groups is 1. The molecule has 0 bridgehead atoms. The first kappa shape index (κ1) is 40.1. The molecular formula is C40H48F2N5O7P+2. The summed E-state index contributed by atoms with van der Waals surface area (Å²) < 4.78 is 46.8. The van der Waals surface area contributed by atoms with Gasteiger partial charge in [0.15, 0.2) is 12.7 Å². The Kier molecular flexibility index (Phi) is 11.3. The molecule has 3 aromatic carbocycles. The van der Waals surface area contributed by atoms with Crippen LogP contribution in [-0.2, 0) is 16.6 Å². The zero-order valence-corrected chi connectivity index (χ0v) is 32.2. The molecule has 15 heteroatoms. The molecule has 2 amide bonds. The van der Waals surface area contributed by atoms with Gasteiger partial charge in [0, 0.05) is 30.6 Å². The molecule has 0 radical (unpaired) electrons. The predicted molar refractivity (Wildman–Crippen MR) is 200 cm³/mol. The Labute approximate surface area is 319 Å². The molecule has 0 aliphatic carbocycles. The second-order valence-electron chi connectivity index (χ2n) is 15.8. The number of hydrogen-bond donors (Lipinski definition) is 5. The quantitative estimate of drug-likeness (QED) is 0.0574. The monoisotopic (exact) mass is 779 g/mol. The van der Waals surface area contributed by atoms with Crippen LogP contribution in [0.25, 0.3) is 0 Å². The minimum absolute atomic E-state index is 0.0135. The van der Waals surface area contributed by atoms with Gasteiger partial charge in [0.25, 0.3) is 11.5 Å². The van der Waals surface area contributed by atoms with Crippen LogP contribution in [0.4, 0.5) is 13.6 Å². The van der Waals surface area contributed by atoms with E-state index in [2.05, 4.69) is 10.6 Å². The fourth-order valence-electron chi connectivity index (χ4n) is 7.58. The SMILES string of the molecule is CC(C)(C)NCC(O)c1ccc(OP(=O)(O)O)c(C[n+]2ccccc2C(=O)C[N+]2(C)CC[C@@H](N3CC(c4ccc(F)cc4)(c4ccc(F)cc4)NC3=O)C2)c1. The van der Waals surface area contributed by atoms with Crippen LogP contribution in [0.1, 0.15) is 66.0 Å². The van der Waals surface area contributed by atoms with Gasteiger partial charge < -0.3 is 29.6 Å². The highest BCUT2D eigenvalue weighted by Crippen LogP contribution is 2.40. The number of urea groups is 1. The fraction of sp³-hybridized carbons (Fsp3) is 0.375. The van der Waals surface area contributed by atoms with Gasteiger partial charge in [-0.05, 0) is 79.9 Å². The number of likely N-dealkylation sites (tertiary alicyclic amines) is 1. The van der Waals surface area contributed by atoms with E-state index in [0.717, 1.165) is 0 Å². The number of aromatic nitrogens is 1. The Bertz CT molecular complexity index is 2050. The summed E-state index contributed by atoms with van der Waals surface area (Å²) in [4.78, 5) is 48.8. The highest BCUT2D eigenvalue weighted by atomic mass is 31.2. The van der Waals surface area contributed by atoms with Crippen LogP contribution in [-0.4, -0.2) is 87.4 Å². The number of carbonyl (C=O) groups excluding carboxylic acids is 2. The van der Waals surface area contributed by atoms with Gasteiger partial charge in [0.2, 0.25) is 0 Å². The van der Waals surface area contributed by atoms with Gasteiger partial charge in [-0.1, -0.05) is 30.3 Å². The van der Waals surface area contributed by atoms with E-state index in [0.29, 0.717) is 51.9 Å². The van der Waals surface area contributed by atoms with E-state index in [-0.39, 0.29) is 55.3 Å². The molecule has 2 saturated heterocycles. The average molecular weight is 780 g/mol. The standard InChI is InChI=1S/C40H46F2N5O7P/c1-39(2,3)43-22-35(48)27-8-17-37(54-55(51,52)53)28(21-27)23-45-19-6-5-7-34(45)36(49)25-47(4)20-18-33(24-47)46-26-40(44-38(46)50,29-9-13-31(41)14-10-29)30-11-15-32(42)16-12-30/h5-17,19,21,33,35,43,48H,18,20,22-26H2,1-4H3,(H-2,44,50,51,52,53)/p+2/t33-,35?,47?/m1/s1. The number of Topliss-reactive ketones (excluding diaryl/α,β-unsaturated/α-hetero) is 1. The summed E-state index contributed by atoms with van der Waals surface area (Å²) in [5.41, 5.74) is 1.24. The van der Waals surface area contributed by atoms with E-state index in [1.807, 2.05) is 27.8 Å². The Morgan fingerprint density at radius 2 is 1.69 bits per heavy atom. The van der Waals surface area contributed by atoms with Gasteiger partial charge in [0.05, 0.1) is 44.4 Å². The van der Waals surface area contributed by atoms with Crippen molar-refractivity contribution in [2.45, 2.75) is 57.0 Å². The van der Waals surface area contributed by atoms with E-state index in [4.69, 9.17) is 4.52 Å². The normalized spacial score (nSPS) is 20.3. The van der Waals surface area contributed by atoms with Crippen molar-refractivity contribution in [3.8, 4) is 5.75 Å². The molecule has 55 heavy (non-hydrogen) atoms. The third kappa shape index (κ3) is 9.46. The molecule has 3 atom stereocenters. The molecule has 12 nitrogen and oxygen atoms in total. The van der Waals surface area contributed by atoms with Crippen molar-refractivity contribution < 1.29 is 51.4 Å². The van der Waals surface area contributed by atoms with Crippen molar-refractivity contribution in [1.29, 1.82) is 0 Å². The number of ketones is 1. The van der Waals surface area contributed by atoms with Crippen LogP contribution in [0.5, 0.6) is 5.75 Å². The second-order valence-corrected chi connectivity index (χ2v) is 17.0. The molecule has 4 aromatic rings. The zero-order valence-electron chi connectivity index (χ0n) is 31.3. The van der Waals surface area contributed by atoms with Gasteiger partial charge in [0.1, 0.15) is 29.5 Å². The third-order valence-corrected chi connectivity index (χ3v) is 10.8. The zero-order chi connectivity index (χ0) is 39.8. The van der Waals surface area contributed by atoms with Crippen LogP contribution >= 0.6 is 7.82 Å². The lowest BCUT2D eigenvalue weighted by Crippen LogP contribution is -2.51. The molecule has 2 unspecified atom stereocenters. The molecular weight excluding hydrogens is 731 g/mol. The number of quaternary nitrogens is 1. The summed E-state index contributed by atoms with van der Waals surface area (Å²) in [5.74, 6) is -1.09. The van der Waals surface area contributed by atoms with E-state index in [9.17, 15) is 37.8 Å². The molecule has 5 N–H and O–H groups in total. The largest absolute Gasteiger partial charge is 0.524 e. The molecule has 2 aliphatic rings. The Morgan fingerprint density at radius 1 is 1.05 bits per heavy atom. The Balaban J connectivity index is 1.21. The molecule has 2 aliphatic heterocycles. The fourth-order valence-corrected chi connectivity index (χ4v) is 8.01. The van der Waals surface area contributed by atoms with Gasteiger partial charge in [-0.2, -0.15) is 4.57 Å². The van der Waals surface area contributed by atoms with Crippen LogP contribution in [0.2, 0.25) is 0 Å². The summed E-state index contributed by atoms with van der Waals surface area (Å²) in [6.45, 7) is 7.58. The maximum absolute atomic E-state index is 14.1. The number of aliphatic hydroxyl groups is 1. The first-order valence-corrected chi connectivity index (χ1v) is 19.6. The highest BCUT2D eigenvalue weighted by molar-refractivity contribution is 7.46. The molecule has 292 valence electrons. The maximum Gasteiger partial charge on any atom is 0.524 e. The van der Waals surface area contributed by atoms with Gasteiger partial charge >= 0.3 is 13.9 Å². The summed E-state index contributed by atoms with van der Waals surface area (Å²) in [6, 6.07) is 21.0. The number of benzene rings is 3. The van der Waals surface area contributed by atoms with Crippen LogP contribution < -0.4 is 19.7 Å². The van der Waals surface area contributed by atoms with Crippen LogP contribution in [0.15, 0.2) is 91.1 Å². The van der Waals surface area contributed by atoms with Crippen molar-refractivity contribution in [1.82, 2.24) is 15.5 Å². The number of hydrogen-bond acceptors (Lipinski definition) is 6. The number of nitrogens with zero attached hydrogens (tertiary/aromatic N) is 3. The van der Waals surface area contributed by atoms with Crippen molar-refractivity contribution >= 4 is 19.6 Å². The maximum atomic E-state index is 14.1. The number of halogens is 2. The highest BCUT2D eigenvalue weighted by Gasteiger charge is 2.51. The minimum atomic E-state index is -4.94. The number of pyridine rings is 1. The first-order valence-electron chi connectivity index (χ1n) is 18.1. The van der Waals surface area contributed by atoms with Gasteiger partial charge in [-0.25, -0.2) is 18.1 Å². The molecule has 0 spiro atoms. The van der Waals surface area contributed by atoms with E-state index < -0.39 is 31.1 Å². The summed E-state index contributed by atoms with van der Waals surface area (Å²) in [7, 11) is -2.97. The topological polar surface area (TPSA) is 152 Å². The number of nitrogens with one attached hydrogen (secondary N) is 2. The Morgan fingerprint density at radius 3 is 2.29 bits per heavy atom. The van der Waals surface area contributed by atoms with E-state index in [1.165, 1.54) is 30.3 Å². The molecule has 0 saturated carbocycles. The lowest BCUT2D eigenvalue weighted by atomic mass is 9.83. The lowest BCUT2D eigenvalue weighted by molar-refractivity contribution is -0.890. The lowest BCUT2D eigenvalue weighted by Gasteiger charge is -2.32. The van der Waals surface area contributed by atoms with Crippen LogP contribution in [0.3, 0.4) is 0 Å². The van der Waals surface area contributed by atoms with E-state index in [1.54, 1.807) is 70.3 Å².